The van der Waals surface area contributed by atoms with Gasteiger partial charge in [-0.15, -0.1) is 0 Å². The van der Waals surface area contributed by atoms with Crippen molar-refractivity contribution in [1.29, 1.82) is 0 Å². The predicted octanol–water partition coefficient (Wildman–Crippen LogP) is 1.82. The number of esters is 2. The SMILES string of the molecule is COC(=O)C1(C(=O)OC)Oc2ccc(CC(C)NCC(O)c3cccc(N(C)C)c3)cc2O1. The molecule has 1 aliphatic heterocycles. The summed E-state index contributed by atoms with van der Waals surface area (Å²) < 4.78 is 20.4. The van der Waals surface area contributed by atoms with Crippen LogP contribution in [-0.2, 0) is 25.5 Å². The summed E-state index contributed by atoms with van der Waals surface area (Å²) in [5.74, 6) is -3.83. The Bertz CT molecular complexity index is 992. The molecule has 2 atom stereocenters. The van der Waals surface area contributed by atoms with Crippen molar-refractivity contribution in [2.45, 2.75) is 31.3 Å². The third-order valence-corrected chi connectivity index (χ3v) is 5.40. The van der Waals surface area contributed by atoms with E-state index in [-0.39, 0.29) is 17.5 Å². The molecule has 0 fully saturated rings. The van der Waals surface area contributed by atoms with Crippen LogP contribution in [0.2, 0.25) is 0 Å². The minimum atomic E-state index is -2.31. The van der Waals surface area contributed by atoms with E-state index < -0.39 is 23.8 Å². The monoisotopic (exact) mass is 458 g/mol. The first-order valence-corrected chi connectivity index (χ1v) is 10.6. The fourth-order valence-corrected chi connectivity index (χ4v) is 3.56. The third kappa shape index (κ3) is 5.20. The van der Waals surface area contributed by atoms with E-state index in [0.717, 1.165) is 31.0 Å². The van der Waals surface area contributed by atoms with Gasteiger partial charge in [-0.3, -0.25) is 0 Å². The molecule has 2 aromatic rings. The van der Waals surface area contributed by atoms with Crippen LogP contribution < -0.4 is 19.7 Å². The van der Waals surface area contributed by atoms with Crippen molar-refractivity contribution in [3.05, 3.63) is 53.6 Å². The molecule has 178 valence electrons. The normalized spacial score (nSPS) is 15.5. The van der Waals surface area contributed by atoms with Gasteiger partial charge in [0.25, 0.3) is 0 Å². The van der Waals surface area contributed by atoms with Crippen LogP contribution in [0.3, 0.4) is 0 Å². The second kappa shape index (κ2) is 10.1. The van der Waals surface area contributed by atoms with Crippen LogP contribution in [-0.4, -0.2) is 63.7 Å². The molecule has 0 saturated heterocycles. The maximum absolute atomic E-state index is 12.2. The molecule has 3 rings (SSSR count). The van der Waals surface area contributed by atoms with Gasteiger partial charge in [0, 0.05) is 32.4 Å². The van der Waals surface area contributed by atoms with Crippen LogP contribution in [0.1, 0.15) is 24.2 Å². The molecule has 1 heterocycles. The first-order valence-electron chi connectivity index (χ1n) is 10.6. The molecule has 0 bridgehead atoms. The summed E-state index contributed by atoms with van der Waals surface area (Å²) in [6, 6.07) is 13.0. The van der Waals surface area contributed by atoms with Crippen LogP contribution in [0.15, 0.2) is 42.5 Å². The largest absolute Gasteiger partial charge is 0.463 e. The van der Waals surface area contributed by atoms with E-state index in [1.807, 2.05) is 56.3 Å². The topological polar surface area (TPSA) is 107 Å². The number of carbonyl (C=O) groups is 2. The lowest BCUT2D eigenvalue weighted by molar-refractivity contribution is -0.199. The second-order valence-electron chi connectivity index (χ2n) is 8.10. The van der Waals surface area contributed by atoms with Gasteiger partial charge in [0.1, 0.15) is 0 Å². The summed E-state index contributed by atoms with van der Waals surface area (Å²) in [7, 11) is 6.18. The lowest BCUT2D eigenvalue weighted by Crippen LogP contribution is -2.55. The number of nitrogens with one attached hydrogen (secondary N) is 1. The maximum Gasteiger partial charge on any atom is 0.453 e. The van der Waals surface area contributed by atoms with Gasteiger partial charge in [-0.2, -0.15) is 0 Å². The number of rotatable bonds is 9. The molecule has 33 heavy (non-hydrogen) atoms. The molecule has 2 unspecified atom stereocenters. The lowest BCUT2D eigenvalue weighted by atomic mass is 10.0. The highest BCUT2D eigenvalue weighted by molar-refractivity contribution is 6.03. The standard InChI is InChI=1S/C24H30N2O7/c1-15(25-14-19(27)17-7-6-8-18(13-17)26(2)3)11-16-9-10-20-21(12-16)33-24(32-20,22(28)30-4)23(29)31-5/h6-10,12-13,15,19,25,27H,11,14H2,1-5H3. The quantitative estimate of drug-likeness (QED) is 0.430. The molecule has 9 nitrogen and oxygen atoms in total. The Morgan fingerprint density at radius 1 is 1.06 bits per heavy atom. The Morgan fingerprint density at radius 2 is 1.73 bits per heavy atom. The Morgan fingerprint density at radius 3 is 2.36 bits per heavy atom. The van der Waals surface area contributed by atoms with Crippen LogP contribution in [0, 0.1) is 0 Å². The zero-order valence-electron chi connectivity index (χ0n) is 19.5. The number of hydrogen-bond donors (Lipinski definition) is 2. The lowest BCUT2D eigenvalue weighted by Gasteiger charge is -2.21. The maximum atomic E-state index is 12.2. The molecule has 2 N–H and O–H groups in total. The Labute approximate surface area is 193 Å². The van der Waals surface area contributed by atoms with Crippen molar-refractivity contribution < 1.29 is 33.6 Å². The van der Waals surface area contributed by atoms with Crippen molar-refractivity contribution in [3.8, 4) is 11.5 Å². The molecule has 9 heteroatoms. The number of aliphatic hydroxyl groups excluding tert-OH is 1. The first-order chi connectivity index (χ1) is 15.7. The highest BCUT2D eigenvalue weighted by atomic mass is 16.8. The first kappa shape index (κ1) is 24.3. The van der Waals surface area contributed by atoms with Crippen LogP contribution in [0.25, 0.3) is 0 Å². The van der Waals surface area contributed by atoms with E-state index in [4.69, 9.17) is 9.47 Å². The van der Waals surface area contributed by atoms with Gasteiger partial charge < -0.3 is 34.3 Å². The molecule has 0 saturated carbocycles. The summed E-state index contributed by atoms with van der Waals surface area (Å²) in [6.07, 6.45) is -0.0327. The van der Waals surface area contributed by atoms with E-state index in [2.05, 4.69) is 14.8 Å². The van der Waals surface area contributed by atoms with Gasteiger partial charge in [-0.1, -0.05) is 18.2 Å². The van der Waals surface area contributed by atoms with Gasteiger partial charge in [-0.05, 0) is 48.7 Å². The summed E-state index contributed by atoms with van der Waals surface area (Å²) in [6.45, 7) is 2.39. The molecule has 0 radical (unpaired) electrons. The smallest absolute Gasteiger partial charge is 0.453 e. The van der Waals surface area contributed by atoms with E-state index in [9.17, 15) is 14.7 Å². The van der Waals surface area contributed by atoms with Crippen LogP contribution in [0.4, 0.5) is 5.69 Å². The van der Waals surface area contributed by atoms with Gasteiger partial charge in [-0.25, -0.2) is 9.59 Å². The summed E-state index contributed by atoms with van der Waals surface area (Å²) in [5, 5.41) is 13.9. The van der Waals surface area contributed by atoms with Gasteiger partial charge in [0.2, 0.25) is 0 Å². The van der Waals surface area contributed by atoms with Crippen molar-refractivity contribution >= 4 is 17.6 Å². The number of fused-ring (bicyclic) bond motifs is 1. The minimum Gasteiger partial charge on any atom is -0.463 e. The number of methoxy groups -OCH3 is 2. The predicted molar refractivity (Wildman–Crippen MR) is 121 cm³/mol. The second-order valence-corrected chi connectivity index (χ2v) is 8.10. The van der Waals surface area contributed by atoms with Gasteiger partial charge >= 0.3 is 17.7 Å². The van der Waals surface area contributed by atoms with Crippen molar-refractivity contribution in [2.24, 2.45) is 0 Å². The summed E-state index contributed by atoms with van der Waals surface area (Å²) in [5.41, 5.74) is 2.76. The van der Waals surface area contributed by atoms with E-state index in [1.54, 1.807) is 12.1 Å². The van der Waals surface area contributed by atoms with E-state index in [1.165, 1.54) is 0 Å². The minimum absolute atomic E-state index is 0.0306. The average Bonchev–Trinajstić information content (AvgIpc) is 3.21. The highest BCUT2D eigenvalue weighted by Crippen LogP contribution is 2.41. The van der Waals surface area contributed by atoms with Crippen molar-refractivity contribution in [1.82, 2.24) is 5.32 Å². The Hall–Kier alpha value is -3.30. The number of anilines is 1. The van der Waals surface area contributed by atoms with Gasteiger partial charge in [0.15, 0.2) is 11.5 Å². The molecule has 2 aromatic carbocycles. The fraction of sp³-hybridized carbons (Fsp3) is 0.417. The van der Waals surface area contributed by atoms with E-state index >= 15 is 0 Å². The molecule has 0 aromatic heterocycles. The van der Waals surface area contributed by atoms with Crippen LogP contribution in [0.5, 0.6) is 11.5 Å². The van der Waals surface area contributed by atoms with Crippen molar-refractivity contribution in [2.75, 3.05) is 39.8 Å². The molecule has 0 aliphatic carbocycles. The van der Waals surface area contributed by atoms with Gasteiger partial charge in [0.05, 0.1) is 20.3 Å². The fourth-order valence-electron chi connectivity index (χ4n) is 3.56. The molecule has 1 aliphatic rings. The van der Waals surface area contributed by atoms with E-state index in [0.29, 0.717) is 13.0 Å². The number of hydrogen-bond acceptors (Lipinski definition) is 9. The molecule has 0 amide bonds. The highest BCUT2D eigenvalue weighted by Gasteiger charge is 2.59. The van der Waals surface area contributed by atoms with Crippen LogP contribution >= 0.6 is 0 Å². The van der Waals surface area contributed by atoms with Crippen molar-refractivity contribution in [3.63, 3.8) is 0 Å². The zero-order valence-corrected chi connectivity index (χ0v) is 19.5. The zero-order chi connectivity index (χ0) is 24.2. The number of benzene rings is 2. The number of carbonyl (C=O) groups excluding carboxylic acids is 2. The molecular weight excluding hydrogens is 428 g/mol. The molecular formula is C24H30N2O7. The number of aliphatic hydroxyl groups is 1. The average molecular weight is 459 g/mol. The number of ether oxygens (including phenoxy) is 4. The Balaban J connectivity index is 1.62. The number of nitrogens with zero attached hydrogens (tertiary/aromatic N) is 1. The molecule has 0 spiro atoms. The Kier molecular flexibility index (Phi) is 7.45. The summed E-state index contributed by atoms with van der Waals surface area (Å²) in [4.78, 5) is 26.4. The third-order valence-electron chi connectivity index (χ3n) is 5.40. The summed E-state index contributed by atoms with van der Waals surface area (Å²) >= 11 is 0.